The Morgan fingerprint density at radius 2 is 1.92 bits per heavy atom. The molecule has 7 heteroatoms. The first-order chi connectivity index (χ1) is 11.5. The lowest BCUT2D eigenvalue weighted by Gasteiger charge is -2.27. The second kappa shape index (κ2) is 7.33. The van der Waals surface area contributed by atoms with Crippen LogP contribution in [0, 0.1) is 11.3 Å². The predicted molar refractivity (Wildman–Crippen MR) is 82.8 cm³/mol. The molecule has 0 fully saturated rings. The molecule has 1 atom stereocenters. The van der Waals surface area contributed by atoms with Gasteiger partial charge in [-0.15, -0.1) is 0 Å². The van der Waals surface area contributed by atoms with E-state index in [1.807, 2.05) is 6.07 Å². The molecule has 0 saturated heterocycles. The maximum atomic E-state index is 12.3. The number of rotatable bonds is 4. The molecule has 2 N–H and O–H groups in total. The van der Waals surface area contributed by atoms with E-state index in [1.54, 1.807) is 30.3 Å². The number of nitrogens with two attached hydrogens (primary N) is 1. The molecule has 0 spiro atoms. The first kappa shape index (κ1) is 17.1. The molecule has 1 aliphatic rings. The van der Waals surface area contributed by atoms with E-state index in [-0.39, 0.29) is 29.2 Å². The van der Waals surface area contributed by atoms with Gasteiger partial charge in [-0.05, 0) is 5.56 Å². The van der Waals surface area contributed by atoms with Crippen LogP contribution in [0.1, 0.15) is 17.9 Å². The van der Waals surface area contributed by atoms with E-state index in [0.717, 1.165) is 0 Å². The number of hydrogen-bond donors (Lipinski definition) is 1. The van der Waals surface area contributed by atoms with Gasteiger partial charge in [-0.3, -0.25) is 4.79 Å². The molecule has 0 unspecified atom stereocenters. The van der Waals surface area contributed by atoms with Crippen LogP contribution in [0.25, 0.3) is 0 Å². The first-order valence-electron chi connectivity index (χ1n) is 7.04. The van der Waals surface area contributed by atoms with Crippen molar-refractivity contribution >= 4 is 11.9 Å². The van der Waals surface area contributed by atoms with Crippen molar-refractivity contribution in [3.8, 4) is 6.07 Å². The van der Waals surface area contributed by atoms with E-state index in [0.29, 0.717) is 5.56 Å². The van der Waals surface area contributed by atoms with Gasteiger partial charge in [0.05, 0.1) is 25.7 Å². The van der Waals surface area contributed by atoms with Crippen LogP contribution in [-0.2, 0) is 23.8 Å². The Bertz CT molecular complexity index is 759. The summed E-state index contributed by atoms with van der Waals surface area (Å²) in [6.45, 7) is 0. The lowest BCUT2D eigenvalue weighted by atomic mass is 9.82. The van der Waals surface area contributed by atoms with Gasteiger partial charge < -0.3 is 19.9 Å². The van der Waals surface area contributed by atoms with Crippen molar-refractivity contribution in [2.45, 2.75) is 12.3 Å². The normalized spacial score (nSPS) is 17.0. The molecule has 1 heterocycles. The molecule has 0 bridgehead atoms. The second-order valence-corrected chi connectivity index (χ2v) is 4.92. The van der Waals surface area contributed by atoms with Crippen molar-refractivity contribution in [2.24, 2.45) is 5.73 Å². The number of carbonyl (C=O) groups is 2. The molecule has 0 saturated carbocycles. The summed E-state index contributed by atoms with van der Waals surface area (Å²) in [6, 6.07) is 10.8. The summed E-state index contributed by atoms with van der Waals surface area (Å²) in [5.41, 5.74) is 6.62. The Hall–Kier alpha value is -3.27. The summed E-state index contributed by atoms with van der Waals surface area (Å²) >= 11 is 0. The molecule has 1 aliphatic heterocycles. The summed E-state index contributed by atoms with van der Waals surface area (Å²) in [5, 5.41) is 9.45. The molecule has 1 aromatic carbocycles. The number of ether oxygens (including phenoxy) is 3. The van der Waals surface area contributed by atoms with Gasteiger partial charge >= 0.3 is 11.9 Å². The molecule has 0 radical (unpaired) electrons. The van der Waals surface area contributed by atoms with E-state index >= 15 is 0 Å². The third-order valence-electron chi connectivity index (χ3n) is 3.57. The monoisotopic (exact) mass is 328 g/mol. The molecule has 1 aromatic rings. The van der Waals surface area contributed by atoms with Gasteiger partial charge in [-0.2, -0.15) is 5.26 Å². The van der Waals surface area contributed by atoms with Crippen molar-refractivity contribution in [1.29, 1.82) is 5.26 Å². The van der Waals surface area contributed by atoms with Gasteiger partial charge in [0.2, 0.25) is 5.88 Å². The van der Waals surface area contributed by atoms with E-state index < -0.39 is 17.9 Å². The van der Waals surface area contributed by atoms with Gasteiger partial charge in [-0.1, -0.05) is 30.3 Å². The molecule has 0 amide bonds. The number of nitriles is 1. The number of esters is 2. The second-order valence-electron chi connectivity index (χ2n) is 4.92. The number of allylic oxidation sites excluding steroid dienone is 1. The zero-order valence-electron chi connectivity index (χ0n) is 13.2. The minimum Gasteiger partial charge on any atom is -0.469 e. The van der Waals surface area contributed by atoms with E-state index in [1.165, 1.54) is 14.2 Å². The SMILES string of the molecule is COC(=O)CC1=C(C(=O)OC)[C@@H](c2ccccc2)C(C#N)=C(N)O1. The Balaban J connectivity index is 2.65. The van der Waals surface area contributed by atoms with Crippen molar-refractivity contribution < 1.29 is 23.8 Å². The molecular weight excluding hydrogens is 312 g/mol. The topological polar surface area (TPSA) is 112 Å². The van der Waals surface area contributed by atoms with Gasteiger partial charge in [0.15, 0.2) is 0 Å². The van der Waals surface area contributed by atoms with Gasteiger partial charge in [0, 0.05) is 0 Å². The highest BCUT2D eigenvalue weighted by atomic mass is 16.5. The number of hydrogen-bond acceptors (Lipinski definition) is 7. The molecular formula is C17H16N2O5. The summed E-state index contributed by atoms with van der Waals surface area (Å²) in [7, 11) is 2.43. The summed E-state index contributed by atoms with van der Waals surface area (Å²) in [4.78, 5) is 23.9. The van der Waals surface area contributed by atoms with Crippen molar-refractivity contribution in [3.63, 3.8) is 0 Å². The van der Waals surface area contributed by atoms with Crippen molar-refractivity contribution in [2.75, 3.05) is 14.2 Å². The van der Waals surface area contributed by atoms with Crippen molar-refractivity contribution in [1.82, 2.24) is 0 Å². The molecule has 24 heavy (non-hydrogen) atoms. The third kappa shape index (κ3) is 3.22. The number of nitrogens with zero attached hydrogens (tertiary/aromatic N) is 1. The fraction of sp³-hybridized carbons (Fsp3) is 0.235. The number of methoxy groups -OCH3 is 2. The maximum Gasteiger partial charge on any atom is 0.338 e. The van der Waals surface area contributed by atoms with Crippen molar-refractivity contribution in [3.05, 3.63) is 58.7 Å². The van der Waals surface area contributed by atoms with Crippen LogP contribution >= 0.6 is 0 Å². The number of benzene rings is 1. The van der Waals surface area contributed by atoms with Gasteiger partial charge in [0.25, 0.3) is 0 Å². The highest BCUT2D eigenvalue weighted by Gasteiger charge is 2.38. The van der Waals surface area contributed by atoms with Crippen LogP contribution in [0.5, 0.6) is 0 Å². The molecule has 0 aliphatic carbocycles. The standard InChI is InChI=1S/C17H16N2O5/c1-22-13(20)8-12-15(17(21)23-2)14(10-6-4-3-5-7-10)11(9-18)16(19)24-12/h3-7,14H,8,19H2,1-2H3/t14-/m0/s1. The van der Waals surface area contributed by atoms with Crippen LogP contribution < -0.4 is 5.73 Å². The zero-order chi connectivity index (χ0) is 17.7. The quantitative estimate of drug-likeness (QED) is 0.833. The average Bonchev–Trinajstić information content (AvgIpc) is 2.61. The van der Waals surface area contributed by atoms with Gasteiger partial charge in [0.1, 0.15) is 23.8 Å². The summed E-state index contributed by atoms with van der Waals surface area (Å²) < 4.78 is 14.8. The van der Waals surface area contributed by atoms with Crippen LogP contribution in [0.2, 0.25) is 0 Å². The average molecular weight is 328 g/mol. The lowest BCUT2D eigenvalue weighted by molar-refractivity contribution is -0.140. The fourth-order valence-electron chi connectivity index (χ4n) is 2.46. The Morgan fingerprint density at radius 1 is 1.25 bits per heavy atom. The van der Waals surface area contributed by atoms with Crippen LogP contribution in [-0.4, -0.2) is 26.2 Å². The third-order valence-corrected chi connectivity index (χ3v) is 3.57. The van der Waals surface area contributed by atoms with E-state index in [4.69, 9.17) is 15.2 Å². The van der Waals surface area contributed by atoms with Crippen LogP contribution in [0.15, 0.2) is 53.1 Å². The Labute approximate surface area is 138 Å². The largest absolute Gasteiger partial charge is 0.469 e. The fourth-order valence-corrected chi connectivity index (χ4v) is 2.46. The van der Waals surface area contributed by atoms with E-state index in [2.05, 4.69) is 4.74 Å². The Morgan fingerprint density at radius 3 is 2.46 bits per heavy atom. The minimum absolute atomic E-state index is 0.0130. The molecule has 0 aromatic heterocycles. The first-order valence-corrected chi connectivity index (χ1v) is 7.04. The highest BCUT2D eigenvalue weighted by Crippen LogP contribution is 2.40. The molecule has 7 nitrogen and oxygen atoms in total. The highest BCUT2D eigenvalue weighted by molar-refractivity contribution is 5.93. The zero-order valence-corrected chi connectivity index (χ0v) is 13.2. The predicted octanol–water partition coefficient (Wildman–Crippen LogP) is 1.48. The molecule has 2 rings (SSSR count). The number of carbonyl (C=O) groups excluding carboxylic acids is 2. The Kier molecular flexibility index (Phi) is 5.22. The minimum atomic E-state index is -0.781. The summed E-state index contributed by atoms with van der Waals surface area (Å²) in [5.74, 6) is -2.23. The van der Waals surface area contributed by atoms with Crippen LogP contribution in [0.3, 0.4) is 0 Å². The molecule has 124 valence electrons. The van der Waals surface area contributed by atoms with Crippen LogP contribution in [0.4, 0.5) is 0 Å². The lowest BCUT2D eigenvalue weighted by Crippen LogP contribution is -2.26. The maximum absolute atomic E-state index is 12.3. The van der Waals surface area contributed by atoms with Gasteiger partial charge in [-0.25, -0.2) is 4.79 Å². The van der Waals surface area contributed by atoms with E-state index in [9.17, 15) is 14.9 Å². The smallest absolute Gasteiger partial charge is 0.338 e. The summed E-state index contributed by atoms with van der Waals surface area (Å²) in [6.07, 6.45) is -0.302.